The summed E-state index contributed by atoms with van der Waals surface area (Å²) in [4.78, 5) is 20.6. The number of aryl methyl sites for hydroxylation is 1. The number of pyridine rings is 1. The Morgan fingerprint density at radius 1 is 1.27 bits per heavy atom. The zero-order valence-electron chi connectivity index (χ0n) is 13.8. The lowest BCUT2D eigenvalue weighted by Crippen LogP contribution is -2.38. The Kier molecular flexibility index (Phi) is 8.64. The number of carbonyl (C=O) groups excluding carboxylic acids is 1. The van der Waals surface area contributed by atoms with Gasteiger partial charge in [-0.3, -0.25) is 9.79 Å². The number of aliphatic imine (C=N–C) groups is 1. The molecule has 0 aromatic carbocycles. The molecule has 0 bridgehead atoms. The highest BCUT2D eigenvalue weighted by Gasteiger charge is 2.04. The van der Waals surface area contributed by atoms with Crippen LogP contribution in [-0.2, 0) is 4.79 Å². The first-order valence-corrected chi connectivity index (χ1v) is 7.91. The number of aromatic nitrogens is 1. The van der Waals surface area contributed by atoms with E-state index in [-0.39, 0.29) is 5.91 Å². The van der Waals surface area contributed by atoms with Crippen molar-refractivity contribution in [2.75, 3.05) is 25.0 Å². The highest BCUT2D eigenvalue weighted by atomic mass is 16.1. The molecule has 0 spiro atoms. The number of carbonyl (C=O) groups is 1. The number of anilines is 1. The number of nitrogens with zero attached hydrogens (tertiary/aromatic N) is 2. The Balaban J connectivity index is 2.34. The fraction of sp³-hybridized carbons (Fsp3) is 0.562. The van der Waals surface area contributed by atoms with Gasteiger partial charge in [0.15, 0.2) is 5.96 Å². The second-order valence-electron chi connectivity index (χ2n) is 5.00. The summed E-state index contributed by atoms with van der Waals surface area (Å²) in [6.45, 7) is 8.19. The summed E-state index contributed by atoms with van der Waals surface area (Å²) in [5.74, 6) is 1.29. The second-order valence-corrected chi connectivity index (χ2v) is 5.00. The van der Waals surface area contributed by atoms with E-state index in [9.17, 15) is 4.79 Å². The molecule has 6 nitrogen and oxygen atoms in total. The largest absolute Gasteiger partial charge is 0.357 e. The maximum atomic E-state index is 11.9. The van der Waals surface area contributed by atoms with Crippen LogP contribution in [0.5, 0.6) is 0 Å². The lowest BCUT2D eigenvalue weighted by atomic mass is 10.3. The summed E-state index contributed by atoms with van der Waals surface area (Å²) < 4.78 is 0. The van der Waals surface area contributed by atoms with E-state index in [1.165, 1.54) is 0 Å². The molecular weight excluding hydrogens is 278 g/mol. The van der Waals surface area contributed by atoms with Crippen molar-refractivity contribution in [1.82, 2.24) is 15.6 Å². The van der Waals surface area contributed by atoms with Crippen LogP contribution in [0.4, 0.5) is 5.82 Å². The third kappa shape index (κ3) is 7.61. The van der Waals surface area contributed by atoms with E-state index in [1.807, 2.05) is 26.0 Å². The number of amides is 1. The molecule has 122 valence electrons. The second kappa shape index (κ2) is 10.6. The van der Waals surface area contributed by atoms with Gasteiger partial charge in [-0.1, -0.05) is 19.4 Å². The van der Waals surface area contributed by atoms with Crippen molar-refractivity contribution < 1.29 is 4.79 Å². The van der Waals surface area contributed by atoms with E-state index in [4.69, 9.17) is 0 Å². The van der Waals surface area contributed by atoms with Gasteiger partial charge in [0.05, 0.1) is 0 Å². The predicted octanol–water partition coefficient (Wildman–Crippen LogP) is 2.07. The zero-order chi connectivity index (χ0) is 16.2. The van der Waals surface area contributed by atoms with Crippen LogP contribution in [0.15, 0.2) is 23.2 Å². The number of nitrogens with one attached hydrogen (secondary N) is 3. The summed E-state index contributed by atoms with van der Waals surface area (Å²) in [7, 11) is 0. The molecule has 22 heavy (non-hydrogen) atoms. The first-order valence-electron chi connectivity index (χ1n) is 7.91. The SMILES string of the molecule is CCCCN=C(NCC)NCCC(=O)Nc1cccc(C)n1. The van der Waals surface area contributed by atoms with Crippen molar-refractivity contribution in [3.8, 4) is 0 Å². The quantitative estimate of drug-likeness (QED) is 0.390. The summed E-state index contributed by atoms with van der Waals surface area (Å²) in [6.07, 6.45) is 2.55. The topological polar surface area (TPSA) is 78.4 Å². The van der Waals surface area contributed by atoms with Crippen molar-refractivity contribution in [3.63, 3.8) is 0 Å². The lowest BCUT2D eigenvalue weighted by molar-refractivity contribution is -0.116. The molecule has 1 heterocycles. The molecule has 0 atom stereocenters. The molecule has 0 saturated carbocycles. The van der Waals surface area contributed by atoms with Gasteiger partial charge in [-0.05, 0) is 32.4 Å². The van der Waals surface area contributed by atoms with Crippen LogP contribution >= 0.6 is 0 Å². The molecular formula is C16H27N5O. The minimum atomic E-state index is -0.0602. The fourth-order valence-electron chi connectivity index (χ4n) is 1.80. The monoisotopic (exact) mass is 305 g/mol. The van der Waals surface area contributed by atoms with Gasteiger partial charge in [-0.25, -0.2) is 4.98 Å². The molecule has 1 amide bonds. The average molecular weight is 305 g/mol. The Bertz CT molecular complexity index is 487. The van der Waals surface area contributed by atoms with Gasteiger partial charge in [0.2, 0.25) is 5.91 Å². The molecule has 1 rings (SSSR count). The van der Waals surface area contributed by atoms with Gasteiger partial charge in [0, 0.05) is 31.7 Å². The van der Waals surface area contributed by atoms with Crippen LogP contribution in [-0.4, -0.2) is 36.5 Å². The molecule has 0 aliphatic heterocycles. The maximum absolute atomic E-state index is 11.9. The van der Waals surface area contributed by atoms with Crippen LogP contribution in [0, 0.1) is 6.92 Å². The standard InChI is InChI=1S/C16H27N5O/c1-4-6-11-18-16(17-5-2)19-12-10-15(22)21-14-9-7-8-13(3)20-14/h7-9H,4-6,10-12H2,1-3H3,(H2,17,18,19)(H,20,21,22). The van der Waals surface area contributed by atoms with E-state index < -0.39 is 0 Å². The van der Waals surface area contributed by atoms with Crippen molar-refractivity contribution in [2.24, 2.45) is 4.99 Å². The summed E-state index contributed by atoms with van der Waals surface area (Å²) in [5.41, 5.74) is 0.883. The van der Waals surface area contributed by atoms with Gasteiger partial charge in [0.25, 0.3) is 0 Å². The van der Waals surface area contributed by atoms with E-state index >= 15 is 0 Å². The van der Waals surface area contributed by atoms with Crippen LogP contribution in [0.3, 0.4) is 0 Å². The molecule has 1 aromatic rings. The van der Waals surface area contributed by atoms with E-state index in [0.717, 1.165) is 37.6 Å². The molecule has 0 aliphatic rings. The number of guanidine groups is 1. The number of unbranched alkanes of at least 4 members (excludes halogenated alkanes) is 1. The molecule has 0 saturated heterocycles. The zero-order valence-corrected chi connectivity index (χ0v) is 13.8. The third-order valence-corrected chi connectivity index (χ3v) is 2.93. The molecule has 1 aromatic heterocycles. The molecule has 0 aliphatic carbocycles. The first kappa shape index (κ1) is 17.9. The molecule has 3 N–H and O–H groups in total. The molecule has 6 heteroatoms. The summed E-state index contributed by atoms with van der Waals surface area (Å²) in [6, 6.07) is 5.56. The van der Waals surface area contributed by atoms with E-state index in [1.54, 1.807) is 6.07 Å². The Hall–Kier alpha value is -2.11. The van der Waals surface area contributed by atoms with Gasteiger partial charge in [0.1, 0.15) is 5.82 Å². The van der Waals surface area contributed by atoms with Crippen LogP contribution in [0.1, 0.15) is 38.8 Å². The number of hydrogen-bond acceptors (Lipinski definition) is 3. The van der Waals surface area contributed by atoms with Gasteiger partial charge in [-0.15, -0.1) is 0 Å². The summed E-state index contributed by atoms with van der Waals surface area (Å²) in [5, 5.41) is 9.12. The fourth-order valence-corrected chi connectivity index (χ4v) is 1.80. The van der Waals surface area contributed by atoms with E-state index in [2.05, 4.69) is 32.9 Å². The maximum Gasteiger partial charge on any atom is 0.227 e. The highest BCUT2D eigenvalue weighted by molar-refractivity contribution is 5.90. The normalized spacial score (nSPS) is 11.1. The Morgan fingerprint density at radius 3 is 2.77 bits per heavy atom. The Morgan fingerprint density at radius 2 is 2.09 bits per heavy atom. The van der Waals surface area contributed by atoms with Crippen molar-refractivity contribution in [1.29, 1.82) is 0 Å². The third-order valence-electron chi connectivity index (χ3n) is 2.93. The number of rotatable bonds is 8. The smallest absolute Gasteiger partial charge is 0.227 e. The van der Waals surface area contributed by atoms with Crippen molar-refractivity contribution in [2.45, 2.75) is 40.0 Å². The Labute approximate surface area is 132 Å². The van der Waals surface area contributed by atoms with Gasteiger partial charge >= 0.3 is 0 Å². The minimum Gasteiger partial charge on any atom is -0.357 e. The number of hydrogen-bond donors (Lipinski definition) is 3. The summed E-state index contributed by atoms with van der Waals surface area (Å²) >= 11 is 0. The molecule has 0 fully saturated rings. The van der Waals surface area contributed by atoms with Crippen LogP contribution in [0.25, 0.3) is 0 Å². The predicted molar refractivity (Wildman–Crippen MR) is 91.1 cm³/mol. The minimum absolute atomic E-state index is 0.0602. The van der Waals surface area contributed by atoms with Crippen molar-refractivity contribution >= 4 is 17.7 Å². The van der Waals surface area contributed by atoms with Crippen LogP contribution < -0.4 is 16.0 Å². The molecule has 0 radical (unpaired) electrons. The first-order chi connectivity index (χ1) is 10.7. The van der Waals surface area contributed by atoms with E-state index in [0.29, 0.717) is 18.8 Å². The average Bonchev–Trinajstić information content (AvgIpc) is 2.47. The molecule has 0 unspecified atom stereocenters. The van der Waals surface area contributed by atoms with Gasteiger partial charge < -0.3 is 16.0 Å². The van der Waals surface area contributed by atoms with Crippen LogP contribution in [0.2, 0.25) is 0 Å². The van der Waals surface area contributed by atoms with Crippen molar-refractivity contribution in [3.05, 3.63) is 23.9 Å². The lowest BCUT2D eigenvalue weighted by Gasteiger charge is -2.11. The van der Waals surface area contributed by atoms with Gasteiger partial charge in [-0.2, -0.15) is 0 Å². The highest BCUT2D eigenvalue weighted by Crippen LogP contribution is 2.03.